The standard InChI is InChI=1S/C16H14BrN3O/c1-2-20-14-6-4-3-5-13(14)19-16(20)18-10-11-9-12(17)7-8-15(11)21/h3-10,21H,2H2,1H3. The molecule has 0 aliphatic rings. The van der Waals surface area contributed by atoms with Gasteiger partial charge in [-0.2, -0.15) is 0 Å². The molecule has 1 N–H and O–H groups in total. The lowest BCUT2D eigenvalue weighted by molar-refractivity contribution is 0.474. The van der Waals surface area contributed by atoms with Gasteiger partial charge in [-0.3, -0.25) is 0 Å². The Hall–Kier alpha value is -2.14. The molecule has 106 valence electrons. The zero-order valence-electron chi connectivity index (χ0n) is 11.5. The number of hydrogen-bond donors (Lipinski definition) is 1. The van der Waals surface area contributed by atoms with Gasteiger partial charge >= 0.3 is 0 Å². The van der Waals surface area contributed by atoms with Gasteiger partial charge in [0.2, 0.25) is 5.95 Å². The third kappa shape index (κ3) is 2.69. The number of fused-ring (bicyclic) bond motifs is 1. The van der Waals surface area contributed by atoms with Crippen LogP contribution in [0.25, 0.3) is 11.0 Å². The smallest absolute Gasteiger partial charge is 0.230 e. The lowest BCUT2D eigenvalue weighted by Gasteiger charge is -2.02. The molecule has 3 aromatic rings. The normalized spacial score (nSPS) is 11.5. The number of aromatic hydroxyl groups is 1. The second kappa shape index (κ2) is 5.69. The summed E-state index contributed by atoms with van der Waals surface area (Å²) in [5, 5.41) is 9.84. The zero-order valence-corrected chi connectivity index (χ0v) is 13.1. The average Bonchev–Trinajstić information content (AvgIpc) is 2.85. The topological polar surface area (TPSA) is 50.4 Å². The van der Waals surface area contributed by atoms with E-state index in [1.54, 1.807) is 18.3 Å². The third-order valence-corrected chi connectivity index (χ3v) is 3.75. The largest absolute Gasteiger partial charge is 0.507 e. The Bertz CT molecular complexity index is 824. The van der Waals surface area contributed by atoms with E-state index < -0.39 is 0 Å². The van der Waals surface area contributed by atoms with Crippen molar-refractivity contribution in [3.63, 3.8) is 0 Å². The first-order chi connectivity index (χ1) is 10.2. The minimum atomic E-state index is 0.195. The van der Waals surface area contributed by atoms with Crippen molar-refractivity contribution in [2.45, 2.75) is 13.5 Å². The van der Waals surface area contributed by atoms with Crippen LogP contribution in [0.1, 0.15) is 12.5 Å². The first kappa shape index (κ1) is 13.8. The minimum absolute atomic E-state index is 0.195. The molecule has 2 aromatic carbocycles. The van der Waals surface area contributed by atoms with Gasteiger partial charge in [0.05, 0.1) is 11.0 Å². The monoisotopic (exact) mass is 343 g/mol. The molecule has 0 atom stereocenters. The number of hydrogen-bond acceptors (Lipinski definition) is 3. The van der Waals surface area contributed by atoms with Crippen LogP contribution in [-0.2, 0) is 6.54 Å². The maximum absolute atomic E-state index is 9.84. The molecule has 1 aromatic heterocycles. The van der Waals surface area contributed by atoms with Gasteiger partial charge in [0.25, 0.3) is 0 Å². The molecule has 0 aliphatic heterocycles. The number of phenolic OH excluding ortho intramolecular Hbond substituents is 1. The number of phenols is 1. The summed E-state index contributed by atoms with van der Waals surface area (Å²) in [7, 11) is 0. The molecule has 4 nitrogen and oxygen atoms in total. The number of aromatic nitrogens is 2. The summed E-state index contributed by atoms with van der Waals surface area (Å²) >= 11 is 3.39. The Morgan fingerprint density at radius 3 is 2.90 bits per heavy atom. The number of para-hydroxylation sites is 2. The van der Waals surface area contributed by atoms with Gasteiger partial charge in [-0.05, 0) is 37.3 Å². The molecule has 0 radical (unpaired) electrons. The van der Waals surface area contributed by atoms with Gasteiger partial charge in [0.15, 0.2) is 0 Å². The SMILES string of the molecule is CCn1c(N=Cc2cc(Br)ccc2O)nc2ccccc21. The Labute approximate surface area is 130 Å². The Balaban J connectivity index is 2.05. The minimum Gasteiger partial charge on any atom is -0.507 e. The van der Waals surface area contributed by atoms with Crippen LogP contribution in [0.3, 0.4) is 0 Å². The summed E-state index contributed by atoms with van der Waals surface area (Å²) in [5.41, 5.74) is 2.63. The van der Waals surface area contributed by atoms with Gasteiger partial charge in [-0.15, -0.1) is 0 Å². The number of aryl methyl sites for hydroxylation is 1. The zero-order chi connectivity index (χ0) is 14.8. The number of halogens is 1. The van der Waals surface area contributed by atoms with E-state index in [1.807, 2.05) is 34.9 Å². The fourth-order valence-corrected chi connectivity index (χ4v) is 2.61. The van der Waals surface area contributed by atoms with Crippen LogP contribution in [-0.4, -0.2) is 20.9 Å². The second-order valence-corrected chi connectivity index (χ2v) is 5.52. The number of nitrogens with zero attached hydrogens (tertiary/aromatic N) is 3. The van der Waals surface area contributed by atoms with Crippen molar-refractivity contribution in [2.24, 2.45) is 4.99 Å². The summed E-state index contributed by atoms with van der Waals surface area (Å²) in [6.45, 7) is 2.85. The van der Waals surface area contributed by atoms with E-state index in [0.29, 0.717) is 11.5 Å². The van der Waals surface area contributed by atoms with Gasteiger partial charge < -0.3 is 9.67 Å². The highest BCUT2D eigenvalue weighted by Crippen LogP contribution is 2.23. The van der Waals surface area contributed by atoms with E-state index in [4.69, 9.17) is 0 Å². The van der Waals surface area contributed by atoms with Gasteiger partial charge in [0, 0.05) is 22.8 Å². The summed E-state index contributed by atoms with van der Waals surface area (Å²) in [6, 6.07) is 13.2. The molecule has 0 amide bonds. The van der Waals surface area contributed by atoms with Crippen LogP contribution in [0, 0.1) is 0 Å². The molecule has 21 heavy (non-hydrogen) atoms. The summed E-state index contributed by atoms with van der Waals surface area (Å²) in [5.74, 6) is 0.833. The molecule has 1 heterocycles. The molecular formula is C16H14BrN3O. The van der Waals surface area contributed by atoms with Crippen molar-refractivity contribution in [1.29, 1.82) is 0 Å². The number of imidazole rings is 1. The molecule has 3 rings (SSSR count). The second-order valence-electron chi connectivity index (χ2n) is 4.61. The van der Waals surface area contributed by atoms with Crippen molar-refractivity contribution in [3.05, 3.63) is 52.5 Å². The quantitative estimate of drug-likeness (QED) is 0.721. The van der Waals surface area contributed by atoms with Crippen LogP contribution >= 0.6 is 15.9 Å². The molecule has 0 bridgehead atoms. The predicted octanol–water partition coefficient (Wildman–Crippen LogP) is 4.27. The summed E-state index contributed by atoms with van der Waals surface area (Å²) in [4.78, 5) is 8.95. The van der Waals surface area contributed by atoms with Crippen molar-refractivity contribution >= 4 is 39.1 Å². The van der Waals surface area contributed by atoms with E-state index >= 15 is 0 Å². The highest BCUT2D eigenvalue weighted by molar-refractivity contribution is 9.10. The molecule has 0 unspecified atom stereocenters. The lowest BCUT2D eigenvalue weighted by Crippen LogP contribution is -1.93. The van der Waals surface area contributed by atoms with Crippen LogP contribution in [0.2, 0.25) is 0 Å². The van der Waals surface area contributed by atoms with Crippen LogP contribution < -0.4 is 0 Å². The first-order valence-electron chi connectivity index (χ1n) is 6.67. The van der Waals surface area contributed by atoms with E-state index in [9.17, 15) is 5.11 Å². The third-order valence-electron chi connectivity index (χ3n) is 3.26. The molecular weight excluding hydrogens is 330 g/mol. The molecule has 0 spiro atoms. The van der Waals surface area contributed by atoms with Gasteiger partial charge in [0.1, 0.15) is 5.75 Å². The van der Waals surface area contributed by atoms with E-state index in [-0.39, 0.29) is 5.75 Å². The Morgan fingerprint density at radius 1 is 1.29 bits per heavy atom. The summed E-state index contributed by atoms with van der Waals surface area (Å²) in [6.07, 6.45) is 1.63. The van der Waals surface area contributed by atoms with Crippen molar-refractivity contribution < 1.29 is 5.11 Å². The molecule has 5 heteroatoms. The van der Waals surface area contributed by atoms with E-state index in [2.05, 4.69) is 32.8 Å². The van der Waals surface area contributed by atoms with Crippen LogP contribution in [0.15, 0.2) is 51.9 Å². The number of rotatable bonds is 3. The van der Waals surface area contributed by atoms with Gasteiger partial charge in [-0.25, -0.2) is 9.98 Å². The fourth-order valence-electron chi connectivity index (χ4n) is 2.23. The highest BCUT2D eigenvalue weighted by atomic mass is 79.9. The van der Waals surface area contributed by atoms with E-state index in [1.165, 1.54) is 0 Å². The maximum atomic E-state index is 9.84. The molecule has 0 aliphatic carbocycles. The number of benzene rings is 2. The molecule has 0 saturated carbocycles. The first-order valence-corrected chi connectivity index (χ1v) is 7.46. The van der Waals surface area contributed by atoms with E-state index in [0.717, 1.165) is 22.1 Å². The number of aliphatic imine (C=N–C) groups is 1. The molecule has 0 fully saturated rings. The predicted molar refractivity (Wildman–Crippen MR) is 88.5 cm³/mol. The lowest BCUT2D eigenvalue weighted by atomic mass is 10.2. The highest BCUT2D eigenvalue weighted by Gasteiger charge is 2.07. The maximum Gasteiger partial charge on any atom is 0.230 e. The average molecular weight is 344 g/mol. The van der Waals surface area contributed by atoms with Crippen molar-refractivity contribution in [3.8, 4) is 5.75 Å². The van der Waals surface area contributed by atoms with Crippen molar-refractivity contribution in [2.75, 3.05) is 0 Å². The van der Waals surface area contributed by atoms with Crippen LogP contribution in [0.4, 0.5) is 5.95 Å². The Kier molecular flexibility index (Phi) is 3.75. The fraction of sp³-hybridized carbons (Fsp3) is 0.125. The molecule has 0 saturated heterocycles. The van der Waals surface area contributed by atoms with Gasteiger partial charge in [-0.1, -0.05) is 28.1 Å². The van der Waals surface area contributed by atoms with Crippen molar-refractivity contribution in [1.82, 2.24) is 9.55 Å². The summed E-state index contributed by atoms with van der Waals surface area (Å²) < 4.78 is 2.94. The van der Waals surface area contributed by atoms with Crippen LogP contribution in [0.5, 0.6) is 5.75 Å². The Morgan fingerprint density at radius 2 is 2.10 bits per heavy atom.